The molecule has 3 aromatic rings. The van der Waals surface area contributed by atoms with Gasteiger partial charge in [0.1, 0.15) is 11.4 Å². The molecule has 0 saturated carbocycles. The Morgan fingerprint density at radius 3 is 2.43 bits per heavy atom. The zero-order valence-electron chi connectivity index (χ0n) is 16.8. The predicted molar refractivity (Wildman–Crippen MR) is 110 cm³/mol. The summed E-state index contributed by atoms with van der Waals surface area (Å²) in [6.45, 7) is 9.10. The number of ether oxygens (including phenoxy) is 1. The van der Waals surface area contributed by atoms with E-state index in [1.54, 1.807) is 38.3 Å². The van der Waals surface area contributed by atoms with Crippen LogP contribution in [0.2, 0.25) is 0 Å². The lowest BCUT2D eigenvalue weighted by Crippen LogP contribution is -2.37. The van der Waals surface area contributed by atoms with Gasteiger partial charge in [-0.25, -0.2) is 9.78 Å². The summed E-state index contributed by atoms with van der Waals surface area (Å²) >= 11 is 0. The highest BCUT2D eigenvalue weighted by molar-refractivity contribution is 5.81. The number of aryl methyl sites for hydroxylation is 1. The molecule has 2 aromatic carbocycles. The van der Waals surface area contributed by atoms with Crippen LogP contribution >= 0.6 is 0 Å². The maximum atomic E-state index is 13.3. The first-order chi connectivity index (χ1) is 13.2. The van der Waals surface area contributed by atoms with Crippen LogP contribution in [-0.2, 0) is 4.74 Å². The number of rotatable bonds is 3. The van der Waals surface area contributed by atoms with Crippen LogP contribution in [0.1, 0.15) is 45.1 Å². The second-order valence-corrected chi connectivity index (χ2v) is 7.79. The first kappa shape index (κ1) is 19.6. The summed E-state index contributed by atoms with van der Waals surface area (Å²) in [6, 6.07) is 14.3. The van der Waals surface area contributed by atoms with Crippen molar-refractivity contribution in [2.24, 2.45) is 0 Å². The number of amides is 1. The van der Waals surface area contributed by atoms with Gasteiger partial charge in [0.2, 0.25) is 0 Å². The summed E-state index contributed by atoms with van der Waals surface area (Å²) in [4.78, 5) is 30.3. The van der Waals surface area contributed by atoms with Gasteiger partial charge in [0.15, 0.2) is 0 Å². The number of hydrogen-bond acceptors (Lipinski definition) is 4. The van der Waals surface area contributed by atoms with Crippen molar-refractivity contribution in [1.82, 2.24) is 14.9 Å². The van der Waals surface area contributed by atoms with Gasteiger partial charge in [-0.3, -0.25) is 9.36 Å². The van der Waals surface area contributed by atoms with Crippen molar-refractivity contribution in [3.8, 4) is 5.69 Å². The number of nitrogens with zero attached hydrogens (tertiary/aromatic N) is 2. The standard InChI is InChI=1S/C22H25N3O3/c1-14-10-9-13-17-18(14)24-19(15(2)23-21(27)28-22(3,4)5)25(20(17)26)16-11-7-6-8-12-16/h6-13,15H,1-5H3,(H,23,27)/t15-/m0/s1. The third-order valence-corrected chi connectivity index (χ3v) is 4.26. The fourth-order valence-electron chi connectivity index (χ4n) is 3.03. The van der Waals surface area contributed by atoms with E-state index in [4.69, 9.17) is 9.72 Å². The quantitative estimate of drug-likeness (QED) is 0.737. The molecule has 1 atom stereocenters. The number of carbonyl (C=O) groups excluding carboxylic acids is 1. The number of fused-ring (bicyclic) bond motifs is 1. The molecule has 146 valence electrons. The minimum atomic E-state index is -0.615. The Balaban J connectivity index is 2.16. The van der Waals surface area contributed by atoms with Crippen molar-refractivity contribution in [3.05, 3.63) is 70.3 Å². The maximum absolute atomic E-state index is 13.3. The van der Waals surface area contributed by atoms with Crippen molar-refractivity contribution in [2.45, 2.75) is 46.3 Å². The van der Waals surface area contributed by atoms with E-state index in [0.29, 0.717) is 22.4 Å². The summed E-state index contributed by atoms with van der Waals surface area (Å²) < 4.78 is 6.90. The van der Waals surface area contributed by atoms with Crippen LogP contribution in [0.5, 0.6) is 0 Å². The Morgan fingerprint density at radius 1 is 1.11 bits per heavy atom. The Labute approximate surface area is 164 Å². The second kappa shape index (κ2) is 7.46. The van der Waals surface area contributed by atoms with Crippen LogP contribution in [0.3, 0.4) is 0 Å². The highest BCUT2D eigenvalue weighted by Crippen LogP contribution is 2.20. The third-order valence-electron chi connectivity index (χ3n) is 4.26. The smallest absolute Gasteiger partial charge is 0.408 e. The van der Waals surface area contributed by atoms with Gasteiger partial charge >= 0.3 is 6.09 Å². The molecule has 0 fully saturated rings. The van der Waals surface area contributed by atoms with Crippen LogP contribution in [0.25, 0.3) is 16.6 Å². The van der Waals surface area contributed by atoms with Gasteiger partial charge in [-0.05, 0) is 58.4 Å². The number of hydrogen-bond donors (Lipinski definition) is 1. The van der Waals surface area contributed by atoms with E-state index < -0.39 is 17.7 Å². The molecule has 1 N–H and O–H groups in total. The summed E-state index contributed by atoms with van der Waals surface area (Å²) in [6.07, 6.45) is -0.557. The minimum Gasteiger partial charge on any atom is -0.444 e. The topological polar surface area (TPSA) is 73.2 Å². The number of para-hydroxylation sites is 2. The predicted octanol–water partition coefficient (Wildman–Crippen LogP) is 4.28. The lowest BCUT2D eigenvalue weighted by atomic mass is 10.1. The summed E-state index contributed by atoms with van der Waals surface area (Å²) in [7, 11) is 0. The van der Waals surface area contributed by atoms with E-state index in [2.05, 4.69) is 5.32 Å². The largest absolute Gasteiger partial charge is 0.444 e. The van der Waals surface area contributed by atoms with Gasteiger partial charge in [0.25, 0.3) is 5.56 Å². The molecule has 0 radical (unpaired) electrons. The SMILES string of the molecule is Cc1cccc2c(=O)n(-c3ccccc3)c([C@H](C)NC(=O)OC(C)(C)C)nc12. The lowest BCUT2D eigenvalue weighted by molar-refractivity contribution is 0.0505. The number of aromatic nitrogens is 2. The van der Waals surface area contributed by atoms with Gasteiger partial charge in [-0.1, -0.05) is 30.3 Å². The van der Waals surface area contributed by atoms with E-state index in [1.165, 1.54) is 0 Å². The van der Waals surface area contributed by atoms with Crippen molar-refractivity contribution in [2.75, 3.05) is 0 Å². The molecule has 0 aliphatic carbocycles. The third kappa shape index (κ3) is 4.06. The van der Waals surface area contributed by atoms with Crippen molar-refractivity contribution >= 4 is 17.0 Å². The second-order valence-electron chi connectivity index (χ2n) is 7.79. The molecule has 6 nitrogen and oxygen atoms in total. The molecular formula is C22H25N3O3. The van der Waals surface area contributed by atoms with Crippen molar-refractivity contribution < 1.29 is 9.53 Å². The van der Waals surface area contributed by atoms with Crippen LogP contribution in [0.15, 0.2) is 53.3 Å². The molecule has 0 bridgehead atoms. The number of nitrogens with one attached hydrogen (secondary N) is 1. The average molecular weight is 379 g/mol. The molecule has 1 heterocycles. The maximum Gasteiger partial charge on any atom is 0.408 e. The molecule has 1 amide bonds. The Hall–Kier alpha value is -3.15. The zero-order chi connectivity index (χ0) is 20.5. The molecule has 0 spiro atoms. The minimum absolute atomic E-state index is 0.173. The molecular weight excluding hydrogens is 354 g/mol. The van der Waals surface area contributed by atoms with Crippen LogP contribution in [0.4, 0.5) is 4.79 Å². The fourth-order valence-corrected chi connectivity index (χ4v) is 3.03. The van der Waals surface area contributed by atoms with Gasteiger partial charge < -0.3 is 10.1 Å². The molecule has 1 aromatic heterocycles. The molecule has 0 aliphatic rings. The van der Waals surface area contributed by atoms with Gasteiger partial charge in [-0.2, -0.15) is 0 Å². The lowest BCUT2D eigenvalue weighted by Gasteiger charge is -2.23. The van der Waals surface area contributed by atoms with Crippen LogP contribution in [0, 0.1) is 6.92 Å². The molecule has 0 aliphatic heterocycles. The van der Waals surface area contributed by atoms with Gasteiger partial charge in [0.05, 0.1) is 22.6 Å². The van der Waals surface area contributed by atoms with E-state index in [0.717, 1.165) is 5.56 Å². The monoisotopic (exact) mass is 379 g/mol. The first-order valence-corrected chi connectivity index (χ1v) is 9.24. The summed E-state index contributed by atoms with van der Waals surface area (Å²) in [5.41, 5.74) is 1.44. The number of carbonyl (C=O) groups is 1. The first-order valence-electron chi connectivity index (χ1n) is 9.24. The number of benzene rings is 2. The van der Waals surface area contributed by atoms with Crippen molar-refractivity contribution in [1.29, 1.82) is 0 Å². The van der Waals surface area contributed by atoms with E-state index in [-0.39, 0.29) is 5.56 Å². The zero-order valence-corrected chi connectivity index (χ0v) is 16.8. The highest BCUT2D eigenvalue weighted by atomic mass is 16.6. The number of alkyl carbamates (subject to hydrolysis) is 1. The highest BCUT2D eigenvalue weighted by Gasteiger charge is 2.23. The molecule has 3 rings (SSSR count). The van der Waals surface area contributed by atoms with Crippen molar-refractivity contribution in [3.63, 3.8) is 0 Å². The van der Waals surface area contributed by atoms with E-state index in [1.807, 2.05) is 49.4 Å². The summed E-state index contributed by atoms with van der Waals surface area (Å²) in [5, 5.41) is 3.33. The molecule has 0 saturated heterocycles. The fraction of sp³-hybridized carbons (Fsp3) is 0.318. The normalized spacial score (nSPS) is 12.6. The molecule has 6 heteroatoms. The Morgan fingerprint density at radius 2 is 1.79 bits per heavy atom. The summed E-state index contributed by atoms with van der Waals surface area (Å²) in [5.74, 6) is 0.448. The molecule has 0 unspecified atom stereocenters. The van der Waals surface area contributed by atoms with Crippen LogP contribution < -0.4 is 10.9 Å². The Kier molecular flexibility index (Phi) is 5.23. The Bertz CT molecular complexity index is 1070. The van der Waals surface area contributed by atoms with Gasteiger partial charge in [-0.15, -0.1) is 0 Å². The van der Waals surface area contributed by atoms with Crippen LogP contribution in [-0.4, -0.2) is 21.2 Å². The molecule has 28 heavy (non-hydrogen) atoms. The van der Waals surface area contributed by atoms with E-state index >= 15 is 0 Å². The average Bonchev–Trinajstić information content (AvgIpc) is 2.61. The van der Waals surface area contributed by atoms with Gasteiger partial charge in [0, 0.05) is 0 Å². The van der Waals surface area contributed by atoms with E-state index in [9.17, 15) is 9.59 Å².